The van der Waals surface area contributed by atoms with Gasteiger partial charge in [0.25, 0.3) is 5.91 Å². The Hall–Kier alpha value is -3.77. The van der Waals surface area contributed by atoms with Crippen molar-refractivity contribution in [3.05, 3.63) is 59.7 Å². The number of ether oxygens (including phenoxy) is 1. The summed E-state index contributed by atoms with van der Waals surface area (Å²) < 4.78 is 31.7. The van der Waals surface area contributed by atoms with E-state index in [1.165, 1.54) is 50.4 Å². The van der Waals surface area contributed by atoms with Gasteiger partial charge in [0.1, 0.15) is 6.04 Å². The Morgan fingerprint density at radius 2 is 1.62 bits per heavy atom. The molecule has 0 spiro atoms. The fourth-order valence-electron chi connectivity index (χ4n) is 2.82. The van der Waals surface area contributed by atoms with E-state index in [1.807, 2.05) is 4.72 Å². The van der Waals surface area contributed by atoms with Crippen molar-refractivity contribution in [2.24, 2.45) is 0 Å². The predicted molar refractivity (Wildman–Crippen MR) is 122 cm³/mol. The molecule has 2 aromatic carbocycles. The zero-order valence-corrected chi connectivity index (χ0v) is 19.3. The summed E-state index contributed by atoms with van der Waals surface area (Å²) in [5.74, 6) is -2.75. The van der Waals surface area contributed by atoms with Gasteiger partial charge in [0, 0.05) is 31.1 Å². The third-order valence-electron chi connectivity index (χ3n) is 4.61. The zero-order valence-electron chi connectivity index (χ0n) is 18.5. The summed E-state index contributed by atoms with van der Waals surface area (Å²) in [7, 11) is -2.92. The van der Waals surface area contributed by atoms with Gasteiger partial charge >= 0.3 is 11.9 Å². The third kappa shape index (κ3) is 7.98. The van der Waals surface area contributed by atoms with E-state index >= 15 is 0 Å². The van der Waals surface area contributed by atoms with E-state index in [0.29, 0.717) is 12.1 Å². The number of esters is 1. The molecule has 182 valence electrons. The van der Waals surface area contributed by atoms with Crippen molar-refractivity contribution >= 4 is 39.5 Å². The van der Waals surface area contributed by atoms with Gasteiger partial charge in [0.05, 0.1) is 12.0 Å². The van der Waals surface area contributed by atoms with E-state index in [9.17, 15) is 32.7 Å². The summed E-state index contributed by atoms with van der Waals surface area (Å²) in [5.41, 5.74) is 1.43. The number of anilines is 1. The van der Waals surface area contributed by atoms with Crippen molar-refractivity contribution in [2.45, 2.75) is 30.7 Å². The first-order valence-corrected chi connectivity index (χ1v) is 11.6. The average molecular weight is 492 g/mol. The summed E-state index contributed by atoms with van der Waals surface area (Å²) in [4.78, 5) is 46.0. The molecule has 0 heterocycles. The first-order valence-electron chi connectivity index (χ1n) is 10.1. The lowest BCUT2D eigenvalue weighted by atomic mass is 10.1. The van der Waals surface area contributed by atoms with Gasteiger partial charge in [-0.15, -0.1) is 0 Å². The minimum Gasteiger partial charge on any atom is -0.480 e. The van der Waals surface area contributed by atoms with Crippen LogP contribution in [-0.2, 0) is 35.6 Å². The van der Waals surface area contributed by atoms with Crippen molar-refractivity contribution in [1.82, 2.24) is 10.0 Å². The van der Waals surface area contributed by atoms with Crippen LogP contribution in [0.25, 0.3) is 0 Å². The van der Waals surface area contributed by atoms with Crippen LogP contribution >= 0.6 is 0 Å². The number of hydrogen-bond acceptors (Lipinski definition) is 7. The van der Waals surface area contributed by atoms with E-state index in [4.69, 9.17) is 0 Å². The van der Waals surface area contributed by atoms with Crippen LogP contribution in [0.5, 0.6) is 0 Å². The van der Waals surface area contributed by atoms with E-state index in [0.717, 1.165) is 5.56 Å². The number of nitrogens with one attached hydrogen (secondary N) is 3. The molecule has 12 heteroatoms. The van der Waals surface area contributed by atoms with Crippen LogP contribution in [0.15, 0.2) is 53.4 Å². The fraction of sp³-hybridized carbons (Fsp3) is 0.273. The van der Waals surface area contributed by atoms with E-state index < -0.39 is 34.5 Å². The molecular weight excluding hydrogens is 466 g/mol. The SMILES string of the molecule is COC(=O)CCc1ccc(C(=O)NC[C@H](NS(=O)(=O)c2ccc(NC(C)=O)cc2)C(=O)O)cc1. The number of carbonyl (C=O) groups excluding carboxylic acids is 3. The van der Waals surface area contributed by atoms with Gasteiger partial charge in [-0.05, 0) is 48.4 Å². The van der Waals surface area contributed by atoms with Gasteiger partial charge in [0.15, 0.2) is 0 Å². The standard InChI is InChI=1S/C22H25N3O8S/c1-14(26)24-17-8-10-18(11-9-17)34(31,32)25-19(22(29)30)13-23-21(28)16-6-3-15(4-7-16)5-12-20(27)33-2/h3-4,6-11,19,25H,5,12-13H2,1-2H3,(H,23,28)(H,24,26)(H,29,30)/t19-/m0/s1. The number of carboxylic acid groups (broad SMARTS) is 1. The Balaban J connectivity index is 1.99. The maximum Gasteiger partial charge on any atom is 0.323 e. The molecule has 1 atom stereocenters. The van der Waals surface area contributed by atoms with Gasteiger partial charge in [-0.2, -0.15) is 4.72 Å². The average Bonchev–Trinajstić information content (AvgIpc) is 2.80. The number of methoxy groups -OCH3 is 1. The molecule has 0 saturated carbocycles. The third-order valence-corrected chi connectivity index (χ3v) is 6.10. The molecule has 11 nitrogen and oxygen atoms in total. The fourth-order valence-corrected chi connectivity index (χ4v) is 4.01. The van der Waals surface area contributed by atoms with Crippen LogP contribution in [-0.4, -0.2) is 57.0 Å². The Morgan fingerprint density at radius 3 is 2.15 bits per heavy atom. The second-order valence-electron chi connectivity index (χ2n) is 7.20. The van der Waals surface area contributed by atoms with E-state index in [2.05, 4.69) is 15.4 Å². The molecule has 0 aromatic heterocycles. The van der Waals surface area contributed by atoms with Gasteiger partial charge in [-0.3, -0.25) is 19.2 Å². The Kier molecular flexibility index (Phi) is 9.27. The molecule has 2 rings (SSSR count). The molecule has 0 aliphatic carbocycles. The van der Waals surface area contributed by atoms with Crippen LogP contribution in [0, 0.1) is 0 Å². The van der Waals surface area contributed by atoms with Gasteiger partial charge < -0.3 is 20.5 Å². The van der Waals surface area contributed by atoms with Crippen molar-refractivity contribution in [3.8, 4) is 0 Å². The highest BCUT2D eigenvalue weighted by atomic mass is 32.2. The highest BCUT2D eigenvalue weighted by molar-refractivity contribution is 7.89. The number of sulfonamides is 1. The minimum atomic E-state index is -4.22. The largest absolute Gasteiger partial charge is 0.480 e. The molecule has 0 radical (unpaired) electrons. The molecule has 0 fully saturated rings. The number of aryl methyl sites for hydroxylation is 1. The quantitative estimate of drug-likeness (QED) is 0.336. The predicted octanol–water partition coefficient (Wildman–Crippen LogP) is 0.912. The first kappa shape index (κ1) is 26.5. The minimum absolute atomic E-state index is 0.193. The first-order chi connectivity index (χ1) is 16.0. The Labute approximate surface area is 196 Å². The summed E-state index contributed by atoms with van der Waals surface area (Å²) in [5, 5.41) is 14.3. The van der Waals surface area contributed by atoms with Crippen molar-refractivity contribution in [2.75, 3.05) is 19.0 Å². The van der Waals surface area contributed by atoms with Crippen molar-refractivity contribution < 1.29 is 37.4 Å². The van der Waals surface area contributed by atoms with Crippen LogP contribution in [0.2, 0.25) is 0 Å². The second kappa shape index (κ2) is 11.9. The Bertz CT molecular complexity index is 1150. The van der Waals surface area contributed by atoms with Crippen molar-refractivity contribution in [1.29, 1.82) is 0 Å². The lowest BCUT2D eigenvalue weighted by Gasteiger charge is -2.16. The molecule has 2 aromatic rings. The number of carbonyl (C=O) groups is 4. The lowest BCUT2D eigenvalue weighted by molar-refractivity contribution is -0.140. The van der Waals surface area contributed by atoms with Gasteiger partial charge in [-0.1, -0.05) is 12.1 Å². The number of carboxylic acids is 1. The Morgan fingerprint density at radius 1 is 1.00 bits per heavy atom. The van der Waals surface area contributed by atoms with E-state index in [1.54, 1.807) is 12.1 Å². The zero-order chi connectivity index (χ0) is 25.3. The van der Waals surface area contributed by atoms with Crippen LogP contribution in [0.1, 0.15) is 29.3 Å². The maximum absolute atomic E-state index is 12.6. The molecule has 34 heavy (non-hydrogen) atoms. The normalized spacial score (nSPS) is 11.8. The number of hydrogen-bond donors (Lipinski definition) is 4. The second-order valence-corrected chi connectivity index (χ2v) is 8.91. The molecule has 0 saturated heterocycles. The highest BCUT2D eigenvalue weighted by Gasteiger charge is 2.26. The number of aliphatic carboxylic acids is 1. The summed E-state index contributed by atoms with van der Waals surface area (Å²) in [6.45, 7) is 0.805. The monoisotopic (exact) mass is 491 g/mol. The van der Waals surface area contributed by atoms with Crippen LogP contribution in [0.3, 0.4) is 0 Å². The summed E-state index contributed by atoms with van der Waals surface area (Å²) >= 11 is 0. The molecule has 0 aliphatic rings. The molecular formula is C22H25N3O8S. The highest BCUT2D eigenvalue weighted by Crippen LogP contribution is 2.14. The molecule has 2 amide bonds. The molecule has 4 N–H and O–H groups in total. The smallest absolute Gasteiger partial charge is 0.323 e. The summed E-state index contributed by atoms with van der Waals surface area (Å²) in [6, 6.07) is 9.87. The number of benzene rings is 2. The van der Waals surface area contributed by atoms with Crippen LogP contribution < -0.4 is 15.4 Å². The summed E-state index contributed by atoms with van der Waals surface area (Å²) in [6.07, 6.45) is 0.627. The van der Waals surface area contributed by atoms with Crippen LogP contribution in [0.4, 0.5) is 5.69 Å². The van der Waals surface area contributed by atoms with Crippen molar-refractivity contribution in [3.63, 3.8) is 0 Å². The topological polar surface area (TPSA) is 168 Å². The number of amides is 2. The molecule has 0 aliphatic heterocycles. The van der Waals surface area contributed by atoms with Gasteiger partial charge in [-0.25, -0.2) is 8.42 Å². The maximum atomic E-state index is 12.6. The molecule has 0 unspecified atom stereocenters. The lowest BCUT2D eigenvalue weighted by Crippen LogP contribution is -2.48. The van der Waals surface area contributed by atoms with E-state index in [-0.39, 0.29) is 28.8 Å². The molecule has 0 bridgehead atoms. The number of rotatable bonds is 11. The van der Waals surface area contributed by atoms with Gasteiger partial charge in [0.2, 0.25) is 15.9 Å².